The lowest BCUT2D eigenvalue weighted by atomic mass is 10.1. The minimum absolute atomic E-state index is 0.0164. The first kappa shape index (κ1) is 17.4. The van der Waals surface area contributed by atoms with E-state index in [0.29, 0.717) is 18.8 Å². The molecule has 0 aliphatic carbocycles. The zero-order chi connectivity index (χ0) is 18.8. The fourth-order valence-electron chi connectivity index (χ4n) is 3.52. The Bertz CT molecular complexity index is 863. The average molecular weight is 369 g/mol. The number of carbonyl (C=O) groups is 2. The minimum atomic E-state index is -0.238. The van der Waals surface area contributed by atoms with E-state index in [9.17, 15) is 9.59 Å². The number of carbonyl (C=O) groups excluding carboxylic acids is 2. The zero-order valence-corrected chi connectivity index (χ0v) is 15.3. The lowest BCUT2D eigenvalue weighted by Gasteiger charge is -2.28. The van der Waals surface area contributed by atoms with Gasteiger partial charge in [-0.25, -0.2) is 9.67 Å². The highest BCUT2D eigenvalue weighted by Crippen LogP contribution is 2.24. The number of pyridine rings is 1. The molecule has 1 saturated heterocycles. The lowest BCUT2D eigenvalue weighted by Crippen LogP contribution is -2.47. The van der Waals surface area contributed by atoms with Crippen molar-refractivity contribution in [2.75, 3.05) is 24.5 Å². The van der Waals surface area contributed by atoms with Gasteiger partial charge in [0.2, 0.25) is 5.91 Å². The SMILES string of the molecule is CCc1nc2n(n1)CCCC2NC(=O)c1cc(N2CCNC(=O)C2)ccn1. The number of hydrogen-bond donors (Lipinski definition) is 2. The van der Waals surface area contributed by atoms with E-state index in [1.54, 1.807) is 12.3 Å². The number of aryl methyl sites for hydroxylation is 2. The molecule has 4 heterocycles. The third-order valence-corrected chi connectivity index (χ3v) is 4.92. The summed E-state index contributed by atoms with van der Waals surface area (Å²) in [6.45, 7) is 4.45. The quantitative estimate of drug-likeness (QED) is 0.810. The molecule has 1 unspecified atom stereocenters. The maximum absolute atomic E-state index is 12.8. The molecule has 0 aromatic carbocycles. The molecule has 2 aromatic heterocycles. The Morgan fingerprint density at radius 3 is 3.11 bits per heavy atom. The van der Waals surface area contributed by atoms with Crippen molar-refractivity contribution in [3.05, 3.63) is 35.7 Å². The maximum atomic E-state index is 12.8. The summed E-state index contributed by atoms with van der Waals surface area (Å²) >= 11 is 0. The van der Waals surface area contributed by atoms with Gasteiger partial charge in [-0.3, -0.25) is 14.6 Å². The topological polar surface area (TPSA) is 105 Å². The molecule has 2 N–H and O–H groups in total. The van der Waals surface area contributed by atoms with Crippen LogP contribution in [-0.4, -0.2) is 51.2 Å². The van der Waals surface area contributed by atoms with Crippen molar-refractivity contribution in [3.8, 4) is 0 Å². The van der Waals surface area contributed by atoms with Crippen molar-refractivity contribution in [3.63, 3.8) is 0 Å². The summed E-state index contributed by atoms with van der Waals surface area (Å²) in [6.07, 6.45) is 4.16. The number of anilines is 1. The van der Waals surface area contributed by atoms with Crippen LogP contribution in [0, 0.1) is 0 Å². The van der Waals surface area contributed by atoms with Gasteiger partial charge in [-0.1, -0.05) is 6.92 Å². The highest BCUT2D eigenvalue weighted by molar-refractivity contribution is 5.93. The van der Waals surface area contributed by atoms with Crippen molar-refractivity contribution in [1.29, 1.82) is 0 Å². The summed E-state index contributed by atoms with van der Waals surface area (Å²) in [5.74, 6) is 1.36. The van der Waals surface area contributed by atoms with E-state index < -0.39 is 0 Å². The summed E-state index contributed by atoms with van der Waals surface area (Å²) in [4.78, 5) is 35.1. The van der Waals surface area contributed by atoms with Crippen LogP contribution in [-0.2, 0) is 17.8 Å². The fraction of sp³-hybridized carbons (Fsp3) is 0.500. The molecule has 142 valence electrons. The number of fused-ring (bicyclic) bond motifs is 1. The Morgan fingerprint density at radius 2 is 2.30 bits per heavy atom. The normalized spacial score (nSPS) is 19.4. The Kier molecular flexibility index (Phi) is 4.74. The summed E-state index contributed by atoms with van der Waals surface area (Å²) in [6, 6.07) is 3.39. The Balaban J connectivity index is 1.50. The van der Waals surface area contributed by atoms with Gasteiger partial charge in [-0.15, -0.1) is 0 Å². The molecule has 2 aromatic rings. The Labute approximate surface area is 157 Å². The predicted octanol–water partition coefficient (Wildman–Crippen LogP) is 0.437. The standard InChI is InChI=1S/C18H23N7O2/c1-2-15-22-17-13(4-3-8-25(17)23-15)21-18(27)14-10-12(5-6-19-14)24-9-7-20-16(26)11-24/h5-6,10,13H,2-4,7-9,11H2,1H3,(H,20,26)(H,21,27). The van der Waals surface area contributed by atoms with E-state index in [2.05, 4.69) is 25.7 Å². The van der Waals surface area contributed by atoms with Crippen LogP contribution in [0.1, 0.15) is 47.9 Å². The molecular weight excluding hydrogens is 346 g/mol. The van der Waals surface area contributed by atoms with Crippen LogP contribution in [0.15, 0.2) is 18.3 Å². The zero-order valence-electron chi connectivity index (χ0n) is 15.3. The second-order valence-electron chi connectivity index (χ2n) is 6.80. The number of rotatable bonds is 4. The first-order chi connectivity index (χ1) is 13.1. The minimum Gasteiger partial charge on any atom is -0.360 e. The van der Waals surface area contributed by atoms with Gasteiger partial charge in [0.15, 0.2) is 5.82 Å². The first-order valence-corrected chi connectivity index (χ1v) is 9.36. The molecule has 0 radical (unpaired) electrons. The fourth-order valence-corrected chi connectivity index (χ4v) is 3.52. The number of aromatic nitrogens is 4. The number of piperazine rings is 1. The molecule has 9 heteroatoms. The van der Waals surface area contributed by atoms with Crippen LogP contribution in [0.2, 0.25) is 0 Å². The molecule has 1 fully saturated rings. The van der Waals surface area contributed by atoms with Crippen LogP contribution in [0.4, 0.5) is 5.69 Å². The van der Waals surface area contributed by atoms with Gasteiger partial charge in [-0.05, 0) is 25.0 Å². The monoisotopic (exact) mass is 369 g/mol. The third kappa shape index (κ3) is 3.62. The maximum Gasteiger partial charge on any atom is 0.270 e. The Hall–Kier alpha value is -2.97. The largest absolute Gasteiger partial charge is 0.360 e. The number of nitrogens with one attached hydrogen (secondary N) is 2. The van der Waals surface area contributed by atoms with Crippen molar-refractivity contribution >= 4 is 17.5 Å². The van der Waals surface area contributed by atoms with Crippen LogP contribution in [0.3, 0.4) is 0 Å². The highest BCUT2D eigenvalue weighted by atomic mass is 16.2. The highest BCUT2D eigenvalue weighted by Gasteiger charge is 2.26. The van der Waals surface area contributed by atoms with Gasteiger partial charge in [0, 0.05) is 37.9 Å². The second-order valence-corrected chi connectivity index (χ2v) is 6.80. The van der Waals surface area contributed by atoms with E-state index in [1.165, 1.54) is 0 Å². The number of amides is 2. The second kappa shape index (κ2) is 7.34. The van der Waals surface area contributed by atoms with Gasteiger partial charge in [0.05, 0.1) is 12.6 Å². The lowest BCUT2D eigenvalue weighted by molar-refractivity contribution is -0.120. The number of hydrogen-bond acceptors (Lipinski definition) is 6. The summed E-state index contributed by atoms with van der Waals surface area (Å²) in [5, 5.41) is 10.3. The van der Waals surface area contributed by atoms with Crippen molar-refractivity contribution in [2.24, 2.45) is 0 Å². The molecule has 9 nitrogen and oxygen atoms in total. The van der Waals surface area contributed by atoms with Gasteiger partial charge in [-0.2, -0.15) is 5.10 Å². The smallest absolute Gasteiger partial charge is 0.270 e. The van der Waals surface area contributed by atoms with E-state index >= 15 is 0 Å². The van der Waals surface area contributed by atoms with Crippen LogP contribution in [0.5, 0.6) is 0 Å². The van der Waals surface area contributed by atoms with E-state index in [0.717, 1.165) is 43.1 Å². The van der Waals surface area contributed by atoms with Crippen LogP contribution >= 0.6 is 0 Å². The summed E-state index contributed by atoms with van der Waals surface area (Å²) in [5.41, 5.74) is 1.16. The predicted molar refractivity (Wildman–Crippen MR) is 98.3 cm³/mol. The van der Waals surface area contributed by atoms with E-state index in [4.69, 9.17) is 0 Å². The molecule has 0 spiro atoms. The molecular formula is C18H23N7O2. The van der Waals surface area contributed by atoms with Crippen molar-refractivity contribution < 1.29 is 9.59 Å². The molecule has 4 rings (SSSR count). The molecule has 27 heavy (non-hydrogen) atoms. The van der Waals surface area contributed by atoms with Crippen LogP contribution < -0.4 is 15.5 Å². The van der Waals surface area contributed by atoms with Gasteiger partial charge in [0.25, 0.3) is 5.91 Å². The van der Waals surface area contributed by atoms with Gasteiger partial charge < -0.3 is 15.5 Å². The van der Waals surface area contributed by atoms with Crippen molar-refractivity contribution in [1.82, 2.24) is 30.4 Å². The number of nitrogens with zero attached hydrogens (tertiary/aromatic N) is 5. The molecule has 0 bridgehead atoms. The molecule has 2 aliphatic heterocycles. The summed E-state index contributed by atoms with van der Waals surface area (Å²) in [7, 11) is 0. The molecule has 2 aliphatic rings. The van der Waals surface area contributed by atoms with E-state index in [1.807, 2.05) is 22.6 Å². The van der Waals surface area contributed by atoms with Gasteiger partial charge in [0.1, 0.15) is 11.5 Å². The Morgan fingerprint density at radius 1 is 1.41 bits per heavy atom. The molecule has 0 saturated carbocycles. The van der Waals surface area contributed by atoms with Crippen LogP contribution in [0.25, 0.3) is 0 Å². The van der Waals surface area contributed by atoms with E-state index in [-0.39, 0.29) is 24.4 Å². The summed E-state index contributed by atoms with van der Waals surface area (Å²) < 4.78 is 1.89. The average Bonchev–Trinajstić information content (AvgIpc) is 3.12. The molecule has 2 amide bonds. The third-order valence-electron chi connectivity index (χ3n) is 4.92. The van der Waals surface area contributed by atoms with Crippen molar-refractivity contribution in [2.45, 2.75) is 38.8 Å². The van der Waals surface area contributed by atoms with Gasteiger partial charge >= 0.3 is 0 Å². The first-order valence-electron chi connectivity index (χ1n) is 9.36. The molecule has 1 atom stereocenters.